The standard InChI is InChI=1S/C13H16ClN5/c14-13-16-11-10(5-15-18-11)12(17-13)19(6-8-1-2-8)7-9-3-4-9/h5,8-9H,1-4,6-7H2,(H,15,16,17,18). The van der Waals surface area contributed by atoms with Crippen molar-refractivity contribution in [2.75, 3.05) is 18.0 Å². The zero-order valence-electron chi connectivity index (χ0n) is 10.6. The van der Waals surface area contributed by atoms with Gasteiger partial charge in [0.05, 0.1) is 11.6 Å². The van der Waals surface area contributed by atoms with Crippen molar-refractivity contribution in [3.63, 3.8) is 0 Å². The lowest BCUT2D eigenvalue weighted by Gasteiger charge is -2.24. The van der Waals surface area contributed by atoms with Crippen LogP contribution in [0.3, 0.4) is 0 Å². The summed E-state index contributed by atoms with van der Waals surface area (Å²) in [7, 11) is 0. The fourth-order valence-electron chi connectivity index (χ4n) is 2.51. The van der Waals surface area contributed by atoms with E-state index in [2.05, 4.69) is 25.1 Å². The van der Waals surface area contributed by atoms with E-state index in [1.165, 1.54) is 25.7 Å². The normalized spacial score (nSPS) is 19.0. The number of aromatic nitrogens is 4. The van der Waals surface area contributed by atoms with Gasteiger partial charge < -0.3 is 4.90 Å². The minimum atomic E-state index is 0.295. The lowest BCUT2D eigenvalue weighted by molar-refractivity contribution is 0.673. The minimum absolute atomic E-state index is 0.295. The molecular weight excluding hydrogens is 262 g/mol. The van der Waals surface area contributed by atoms with Crippen LogP contribution in [-0.4, -0.2) is 33.3 Å². The summed E-state index contributed by atoms with van der Waals surface area (Å²) in [6.45, 7) is 2.17. The summed E-state index contributed by atoms with van der Waals surface area (Å²) in [4.78, 5) is 11.0. The van der Waals surface area contributed by atoms with Crippen molar-refractivity contribution in [3.8, 4) is 0 Å². The third kappa shape index (κ3) is 2.39. The Hall–Kier alpha value is -1.36. The van der Waals surface area contributed by atoms with E-state index < -0.39 is 0 Å². The molecule has 5 nitrogen and oxygen atoms in total. The van der Waals surface area contributed by atoms with Gasteiger partial charge in [0.1, 0.15) is 5.82 Å². The topological polar surface area (TPSA) is 57.7 Å². The van der Waals surface area contributed by atoms with Gasteiger partial charge in [-0.25, -0.2) is 0 Å². The monoisotopic (exact) mass is 277 g/mol. The Kier molecular flexibility index (Phi) is 2.62. The van der Waals surface area contributed by atoms with Crippen LogP contribution in [0.2, 0.25) is 5.28 Å². The fourth-order valence-corrected chi connectivity index (χ4v) is 2.67. The number of nitrogens with one attached hydrogen (secondary N) is 1. The van der Waals surface area contributed by atoms with Crippen molar-refractivity contribution in [1.82, 2.24) is 20.2 Å². The lowest BCUT2D eigenvalue weighted by atomic mass is 10.2. The number of hydrogen-bond donors (Lipinski definition) is 1. The number of rotatable bonds is 5. The maximum absolute atomic E-state index is 6.03. The largest absolute Gasteiger partial charge is 0.355 e. The Balaban J connectivity index is 1.72. The van der Waals surface area contributed by atoms with Gasteiger partial charge in [-0.05, 0) is 49.1 Å². The highest BCUT2D eigenvalue weighted by Crippen LogP contribution is 2.36. The molecule has 0 aromatic carbocycles. The van der Waals surface area contributed by atoms with Crippen LogP contribution in [0.15, 0.2) is 6.20 Å². The molecule has 6 heteroatoms. The summed E-state index contributed by atoms with van der Waals surface area (Å²) in [5.41, 5.74) is 0.728. The van der Waals surface area contributed by atoms with Crippen LogP contribution < -0.4 is 4.90 Å². The molecule has 0 radical (unpaired) electrons. The number of anilines is 1. The van der Waals surface area contributed by atoms with Crippen LogP contribution in [-0.2, 0) is 0 Å². The first-order chi connectivity index (χ1) is 9.29. The number of halogens is 1. The highest BCUT2D eigenvalue weighted by molar-refractivity contribution is 6.28. The molecule has 2 heterocycles. The van der Waals surface area contributed by atoms with Crippen molar-refractivity contribution >= 4 is 28.5 Å². The number of H-pyrrole nitrogens is 1. The van der Waals surface area contributed by atoms with Gasteiger partial charge in [-0.2, -0.15) is 15.1 Å². The maximum Gasteiger partial charge on any atom is 0.226 e. The summed E-state index contributed by atoms with van der Waals surface area (Å²) in [5, 5.41) is 8.22. The smallest absolute Gasteiger partial charge is 0.226 e. The third-order valence-corrected chi connectivity index (χ3v) is 4.08. The molecule has 0 saturated heterocycles. The predicted octanol–water partition coefficient (Wildman–Crippen LogP) is 2.63. The lowest BCUT2D eigenvalue weighted by Crippen LogP contribution is -2.29. The average Bonchev–Trinajstić information content (AvgIpc) is 3.30. The van der Waals surface area contributed by atoms with Crippen LogP contribution in [0.25, 0.3) is 11.0 Å². The molecule has 2 aromatic heterocycles. The highest BCUT2D eigenvalue weighted by Gasteiger charge is 2.31. The highest BCUT2D eigenvalue weighted by atomic mass is 35.5. The SMILES string of the molecule is Clc1nc(N(CC2CC2)CC2CC2)c2cn[nH]c2n1. The molecule has 0 unspecified atom stereocenters. The van der Waals surface area contributed by atoms with Gasteiger partial charge in [0.15, 0.2) is 5.65 Å². The quantitative estimate of drug-likeness (QED) is 0.854. The van der Waals surface area contributed by atoms with Crippen molar-refractivity contribution in [2.24, 2.45) is 11.8 Å². The van der Waals surface area contributed by atoms with Crippen molar-refractivity contribution in [2.45, 2.75) is 25.7 Å². The zero-order valence-corrected chi connectivity index (χ0v) is 11.4. The van der Waals surface area contributed by atoms with E-state index in [0.29, 0.717) is 5.28 Å². The van der Waals surface area contributed by atoms with Gasteiger partial charge in [0.2, 0.25) is 5.28 Å². The van der Waals surface area contributed by atoms with E-state index in [-0.39, 0.29) is 0 Å². The molecular formula is C13H16ClN5. The second-order valence-electron chi connectivity index (χ2n) is 5.74. The van der Waals surface area contributed by atoms with Crippen LogP contribution in [0.5, 0.6) is 0 Å². The second kappa shape index (κ2) is 4.34. The van der Waals surface area contributed by atoms with Gasteiger partial charge in [-0.1, -0.05) is 0 Å². The Morgan fingerprint density at radius 3 is 2.47 bits per heavy atom. The van der Waals surface area contributed by atoms with Gasteiger partial charge >= 0.3 is 0 Å². The molecule has 2 aliphatic rings. The second-order valence-corrected chi connectivity index (χ2v) is 6.08. The van der Waals surface area contributed by atoms with Gasteiger partial charge in [-0.15, -0.1) is 0 Å². The number of fused-ring (bicyclic) bond motifs is 1. The number of hydrogen-bond acceptors (Lipinski definition) is 4. The van der Waals surface area contributed by atoms with E-state index in [1.54, 1.807) is 6.20 Å². The fraction of sp³-hybridized carbons (Fsp3) is 0.615. The molecule has 2 aromatic rings. The van der Waals surface area contributed by atoms with E-state index in [1.807, 2.05) is 0 Å². The summed E-state index contributed by atoms with van der Waals surface area (Å²) in [6, 6.07) is 0. The van der Waals surface area contributed by atoms with E-state index in [9.17, 15) is 0 Å². The molecule has 0 aliphatic heterocycles. The molecule has 1 N–H and O–H groups in total. The Bertz CT molecular complexity index is 588. The van der Waals surface area contributed by atoms with Crippen molar-refractivity contribution in [1.29, 1.82) is 0 Å². The zero-order chi connectivity index (χ0) is 12.8. The van der Waals surface area contributed by atoms with E-state index in [4.69, 9.17) is 11.6 Å². The number of nitrogens with zero attached hydrogens (tertiary/aromatic N) is 4. The summed E-state index contributed by atoms with van der Waals surface area (Å²) >= 11 is 6.03. The molecule has 4 rings (SSSR count). The molecule has 19 heavy (non-hydrogen) atoms. The maximum atomic E-state index is 6.03. The molecule has 100 valence electrons. The van der Waals surface area contributed by atoms with Crippen LogP contribution in [0.1, 0.15) is 25.7 Å². The van der Waals surface area contributed by atoms with Gasteiger partial charge in [0, 0.05) is 13.1 Å². The first-order valence-corrected chi connectivity index (χ1v) is 7.29. The average molecular weight is 278 g/mol. The summed E-state index contributed by atoms with van der Waals surface area (Å²) in [5.74, 6) is 2.60. The summed E-state index contributed by atoms with van der Waals surface area (Å²) in [6.07, 6.45) is 7.17. The minimum Gasteiger partial charge on any atom is -0.355 e. The number of aromatic amines is 1. The van der Waals surface area contributed by atoms with Crippen LogP contribution in [0, 0.1) is 11.8 Å². The third-order valence-electron chi connectivity index (χ3n) is 3.91. The van der Waals surface area contributed by atoms with Crippen molar-refractivity contribution < 1.29 is 0 Å². The molecule has 0 spiro atoms. The van der Waals surface area contributed by atoms with Gasteiger partial charge in [-0.3, -0.25) is 5.10 Å². The van der Waals surface area contributed by atoms with Crippen LogP contribution in [0.4, 0.5) is 5.82 Å². The summed E-state index contributed by atoms with van der Waals surface area (Å²) < 4.78 is 0. The van der Waals surface area contributed by atoms with Gasteiger partial charge in [0.25, 0.3) is 0 Å². The Morgan fingerprint density at radius 2 is 1.84 bits per heavy atom. The van der Waals surface area contributed by atoms with E-state index in [0.717, 1.165) is 41.8 Å². The van der Waals surface area contributed by atoms with E-state index >= 15 is 0 Å². The molecule has 2 aliphatic carbocycles. The first kappa shape index (κ1) is 11.5. The van der Waals surface area contributed by atoms with Crippen molar-refractivity contribution in [3.05, 3.63) is 11.5 Å². The molecule has 0 amide bonds. The molecule has 2 fully saturated rings. The Morgan fingerprint density at radius 1 is 1.16 bits per heavy atom. The molecule has 0 atom stereocenters. The molecule has 2 saturated carbocycles. The molecule has 0 bridgehead atoms. The predicted molar refractivity (Wildman–Crippen MR) is 74.4 cm³/mol. The first-order valence-electron chi connectivity index (χ1n) is 6.91. The van der Waals surface area contributed by atoms with Crippen LogP contribution >= 0.6 is 11.6 Å². The Labute approximate surface area is 116 Å².